The van der Waals surface area contributed by atoms with Crippen molar-refractivity contribution in [1.82, 2.24) is 0 Å². The van der Waals surface area contributed by atoms with E-state index in [0.29, 0.717) is 5.92 Å². The van der Waals surface area contributed by atoms with E-state index in [-0.39, 0.29) is 5.38 Å². The number of hydrogen-bond donors (Lipinski definition) is 0. The summed E-state index contributed by atoms with van der Waals surface area (Å²) in [6.07, 6.45) is 6.60. The van der Waals surface area contributed by atoms with Crippen LogP contribution in [-0.4, -0.2) is 7.11 Å². The Bertz CT molecular complexity index is 369. The molecule has 0 radical (unpaired) electrons. The minimum Gasteiger partial charge on any atom is -0.496 e. The van der Waals surface area contributed by atoms with Crippen molar-refractivity contribution in [2.75, 3.05) is 7.11 Å². The molecule has 0 spiro atoms. The predicted molar refractivity (Wildman–Crippen MR) is 72.9 cm³/mol. The summed E-state index contributed by atoms with van der Waals surface area (Å²) in [6.45, 7) is 2.08. The van der Waals surface area contributed by atoms with Crippen molar-refractivity contribution in [2.24, 2.45) is 5.92 Å². The molecule has 1 aliphatic carbocycles. The molecule has 1 nitrogen and oxygen atoms in total. The zero-order valence-electron chi connectivity index (χ0n) is 10.7. The van der Waals surface area contributed by atoms with Gasteiger partial charge in [0, 0.05) is 0 Å². The van der Waals surface area contributed by atoms with Gasteiger partial charge in [-0.05, 0) is 42.9 Å². The monoisotopic (exact) mass is 252 g/mol. The fraction of sp³-hybridized carbons (Fsp3) is 0.600. The molecule has 94 valence electrons. The second-order valence-electron chi connectivity index (χ2n) is 5.03. The molecule has 1 unspecified atom stereocenters. The summed E-state index contributed by atoms with van der Waals surface area (Å²) in [4.78, 5) is 0. The van der Waals surface area contributed by atoms with E-state index in [2.05, 4.69) is 19.1 Å². The Kier molecular flexibility index (Phi) is 4.33. The summed E-state index contributed by atoms with van der Waals surface area (Å²) in [5.41, 5.74) is 2.42. The number of methoxy groups -OCH3 is 1. The van der Waals surface area contributed by atoms with Crippen molar-refractivity contribution in [1.29, 1.82) is 0 Å². The van der Waals surface area contributed by atoms with Crippen LogP contribution in [-0.2, 0) is 0 Å². The molecule has 2 heteroatoms. The number of alkyl halides is 1. The molecule has 1 atom stereocenters. The van der Waals surface area contributed by atoms with Gasteiger partial charge in [0.15, 0.2) is 0 Å². The molecular formula is C15H21ClO. The minimum atomic E-state index is 0.167. The van der Waals surface area contributed by atoms with Crippen LogP contribution in [0.5, 0.6) is 5.75 Å². The fourth-order valence-corrected chi connectivity index (χ4v) is 3.16. The number of rotatable bonds is 3. The van der Waals surface area contributed by atoms with Crippen LogP contribution in [0.25, 0.3) is 0 Å². The van der Waals surface area contributed by atoms with Crippen LogP contribution < -0.4 is 4.74 Å². The highest BCUT2D eigenvalue weighted by Crippen LogP contribution is 2.39. The van der Waals surface area contributed by atoms with Gasteiger partial charge in [0.1, 0.15) is 5.75 Å². The van der Waals surface area contributed by atoms with Crippen LogP contribution in [0.3, 0.4) is 0 Å². The molecule has 1 aromatic carbocycles. The van der Waals surface area contributed by atoms with Gasteiger partial charge in [-0.25, -0.2) is 0 Å². The van der Waals surface area contributed by atoms with Crippen LogP contribution in [0.15, 0.2) is 18.2 Å². The molecular weight excluding hydrogens is 232 g/mol. The third-order valence-corrected chi connectivity index (χ3v) is 4.41. The summed E-state index contributed by atoms with van der Waals surface area (Å²) < 4.78 is 5.28. The Morgan fingerprint density at radius 3 is 2.53 bits per heavy atom. The van der Waals surface area contributed by atoms with E-state index in [4.69, 9.17) is 16.3 Å². The van der Waals surface area contributed by atoms with Crippen LogP contribution in [0.2, 0.25) is 0 Å². The summed E-state index contributed by atoms with van der Waals surface area (Å²) in [6, 6.07) is 6.31. The lowest BCUT2D eigenvalue weighted by molar-refractivity contribution is 0.348. The Balaban J connectivity index is 2.12. The topological polar surface area (TPSA) is 9.23 Å². The summed E-state index contributed by atoms with van der Waals surface area (Å²) in [5, 5.41) is 0.167. The van der Waals surface area contributed by atoms with Gasteiger partial charge >= 0.3 is 0 Å². The third kappa shape index (κ3) is 2.95. The molecule has 0 bridgehead atoms. The number of benzene rings is 1. The van der Waals surface area contributed by atoms with E-state index in [9.17, 15) is 0 Å². The van der Waals surface area contributed by atoms with E-state index in [0.717, 1.165) is 5.75 Å². The maximum Gasteiger partial charge on any atom is 0.121 e. The molecule has 1 fully saturated rings. The standard InChI is InChI=1S/C15H21ClO/c1-11-10-13(8-9-14(11)17-2)15(16)12-6-4-3-5-7-12/h8-10,12,15H,3-7H2,1-2H3. The van der Waals surface area contributed by atoms with Gasteiger partial charge in [0.05, 0.1) is 12.5 Å². The molecule has 0 aromatic heterocycles. The maximum absolute atomic E-state index is 6.61. The molecule has 2 rings (SSSR count). The lowest BCUT2D eigenvalue weighted by Crippen LogP contribution is -2.12. The second-order valence-corrected chi connectivity index (χ2v) is 5.50. The van der Waals surface area contributed by atoms with Gasteiger partial charge in [-0.3, -0.25) is 0 Å². The Hall–Kier alpha value is -0.690. The highest BCUT2D eigenvalue weighted by molar-refractivity contribution is 6.21. The SMILES string of the molecule is COc1ccc(C(Cl)C2CCCCC2)cc1C. The third-order valence-electron chi connectivity index (χ3n) is 3.80. The maximum atomic E-state index is 6.61. The zero-order valence-corrected chi connectivity index (χ0v) is 11.5. The van der Waals surface area contributed by atoms with Crippen molar-refractivity contribution < 1.29 is 4.74 Å². The van der Waals surface area contributed by atoms with Gasteiger partial charge in [-0.1, -0.05) is 31.4 Å². The lowest BCUT2D eigenvalue weighted by atomic mass is 9.84. The van der Waals surface area contributed by atoms with Gasteiger partial charge in [-0.2, -0.15) is 0 Å². The summed E-state index contributed by atoms with van der Waals surface area (Å²) in [5.74, 6) is 1.60. The van der Waals surface area contributed by atoms with Crippen molar-refractivity contribution in [3.63, 3.8) is 0 Å². The van der Waals surface area contributed by atoms with Gasteiger partial charge in [-0.15, -0.1) is 11.6 Å². The Morgan fingerprint density at radius 1 is 1.24 bits per heavy atom. The Morgan fingerprint density at radius 2 is 1.94 bits per heavy atom. The van der Waals surface area contributed by atoms with Gasteiger partial charge < -0.3 is 4.74 Å². The number of aryl methyl sites for hydroxylation is 1. The first-order valence-electron chi connectivity index (χ1n) is 6.51. The van der Waals surface area contributed by atoms with Crippen molar-refractivity contribution >= 4 is 11.6 Å². The minimum absolute atomic E-state index is 0.167. The summed E-state index contributed by atoms with van der Waals surface area (Å²) in [7, 11) is 1.71. The molecule has 1 aromatic rings. The molecule has 0 N–H and O–H groups in total. The molecule has 0 saturated heterocycles. The second kappa shape index (κ2) is 5.77. The van der Waals surface area contributed by atoms with Crippen LogP contribution in [0.4, 0.5) is 0 Å². The summed E-state index contributed by atoms with van der Waals surface area (Å²) >= 11 is 6.61. The number of ether oxygens (including phenoxy) is 1. The molecule has 0 amide bonds. The van der Waals surface area contributed by atoms with Gasteiger partial charge in [0.2, 0.25) is 0 Å². The average molecular weight is 253 g/mol. The van der Waals surface area contributed by atoms with Crippen molar-refractivity contribution in [3.05, 3.63) is 29.3 Å². The average Bonchev–Trinajstić information content (AvgIpc) is 2.39. The first kappa shape index (κ1) is 12.8. The highest BCUT2D eigenvalue weighted by atomic mass is 35.5. The van der Waals surface area contributed by atoms with E-state index in [1.54, 1.807) is 7.11 Å². The zero-order chi connectivity index (χ0) is 12.3. The van der Waals surface area contributed by atoms with Gasteiger partial charge in [0.25, 0.3) is 0 Å². The lowest BCUT2D eigenvalue weighted by Gasteiger charge is -2.26. The largest absolute Gasteiger partial charge is 0.496 e. The number of hydrogen-bond acceptors (Lipinski definition) is 1. The van der Waals surface area contributed by atoms with E-state index in [1.807, 2.05) is 6.07 Å². The van der Waals surface area contributed by atoms with E-state index < -0.39 is 0 Å². The fourth-order valence-electron chi connectivity index (χ4n) is 2.77. The first-order valence-corrected chi connectivity index (χ1v) is 6.94. The Labute approximate surface area is 109 Å². The van der Waals surface area contributed by atoms with Crippen LogP contribution in [0.1, 0.15) is 48.6 Å². The number of halogens is 1. The molecule has 17 heavy (non-hydrogen) atoms. The highest BCUT2D eigenvalue weighted by Gasteiger charge is 2.23. The molecule has 1 saturated carbocycles. The van der Waals surface area contributed by atoms with Crippen molar-refractivity contribution in [3.8, 4) is 5.75 Å². The smallest absolute Gasteiger partial charge is 0.121 e. The van der Waals surface area contributed by atoms with Crippen LogP contribution >= 0.6 is 11.6 Å². The quantitative estimate of drug-likeness (QED) is 0.698. The van der Waals surface area contributed by atoms with Crippen molar-refractivity contribution in [2.45, 2.75) is 44.4 Å². The molecule has 0 heterocycles. The first-order chi connectivity index (χ1) is 8.22. The predicted octanol–water partition coefficient (Wildman–Crippen LogP) is 4.86. The van der Waals surface area contributed by atoms with E-state index in [1.165, 1.54) is 43.2 Å². The molecule has 1 aliphatic rings. The van der Waals surface area contributed by atoms with Crippen LogP contribution in [0, 0.1) is 12.8 Å². The normalized spacial score (nSPS) is 19.0. The van der Waals surface area contributed by atoms with E-state index >= 15 is 0 Å². The molecule has 0 aliphatic heterocycles.